The van der Waals surface area contributed by atoms with Crippen LogP contribution < -0.4 is 5.32 Å². The molecule has 0 amide bonds. The van der Waals surface area contributed by atoms with E-state index in [2.05, 4.69) is 24.2 Å². The first-order chi connectivity index (χ1) is 5.72. The molecule has 2 heteroatoms. The van der Waals surface area contributed by atoms with E-state index in [0.29, 0.717) is 6.04 Å². The van der Waals surface area contributed by atoms with Crippen LogP contribution >= 0.6 is 0 Å². The summed E-state index contributed by atoms with van der Waals surface area (Å²) >= 11 is 0. The van der Waals surface area contributed by atoms with Crippen molar-refractivity contribution in [2.75, 3.05) is 27.2 Å². The van der Waals surface area contributed by atoms with Gasteiger partial charge in [0.2, 0.25) is 0 Å². The molecule has 0 aromatic rings. The topological polar surface area (TPSA) is 15.3 Å². The molecule has 0 aromatic heterocycles. The zero-order valence-corrected chi connectivity index (χ0v) is 8.64. The summed E-state index contributed by atoms with van der Waals surface area (Å²) in [6.07, 6.45) is 4.13. The number of rotatable bonds is 4. The van der Waals surface area contributed by atoms with Crippen molar-refractivity contribution in [2.24, 2.45) is 5.92 Å². The molecule has 0 aromatic carbocycles. The van der Waals surface area contributed by atoms with E-state index in [1.165, 1.54) is 32.4 Å². The molecule has 2 unspecified atom stereocenters. The summed E-state index contributed by atoms with van der Waals surface area (Å²) in [5.74, 6) is 0.964. The first-order valence-electron chi connectivity index (χ1n) is 5.08. The number of hydrogen-bond acceptors (Lipinski definition) is 2. The smallest absolute Gasteiger partial charge is 0.00358 e. The van der Waals surface area contributed by atoms with Crippen LogP contribution in [0.2, 0.25) is 0 Å². The molecule has 1 rings (SSSR count). The van der Waals surface area contributed by atoms with Crippen LogP contribution in [0.4, 0.5) is 0 Å². The van der Waals surface area contributed by atoms with E-state index in [1.54, 1.807) is 0 Å². The second-order valence-electron chi connectivity index (χ2n) is 4.18. The maximum absolute atomic E-state index is 3.29. The van der Waals surface area contributed by atoms with Crippen molar-refractivity contribution in [3.8, 4) is 0 Å². The van der Waals surface area contributed by atoms with Gasteiger partial charge in [0.1, 0.15) is 0 Å². The van der Waals surface area contributed by atoms with Gasteiger partial charge in [0.25, 0.3) is 0 Å². The number of likely N-dealkylation sites (tertiary alicyclic amines) is 1. The molecular formula is C10H22N2. The van der Waals surface area contributed by atoms with Crippen LogP contribution in [-0.2, 0) is 0 Å². The van der Waals surface area contributed by atoms with Crippen LogP contribution in [0.5, 0.6) is 0 Å². The molecule has 1 fully saturated rings. The van der Waals surface area contributed by atoms with Gasteiger partial charge >= 0.3 is 0 Å². The van der Waals surface area contributed by atoms with Gasteiger partial charge < -0.3 is 10.2 Å². The summed E-state index contributed by atoms with van der Waals surface area (Å²) in [7, 11) is 4.27. The maximum Gasteiger partial charge on any atom is 0.00358 e. The van der Waals surface area contributed by atoms with Gasteiger partial charge in [-0.25, -0.2) is 0 Å². The molecule has 0 saturated carbocycles. The minimum Gasteiger partial charge on any atom is -0.317 e. The van der Waals surface area contributed by atoms with Gasteiger partial charge in [-0.2, -0.15) is 0 Å². The molecule has 2 atom stereocenters. The normalized spacial score (nSPS) is 27.8. The molecule has 1 aliphatic rings. The summed E-state index contributed by atoms with van der Waals surface area (Å²) < 4.78 is 0. The lowest BCUT2D eigenvalue weighted by Crippen LogP contribution is -2.22. The number of nitrogens with one attached hydrogen (secondary N) is 1. The average Bonchev–Trinajstić information content (AvgIpc) is 2.47. The van der Waals surface area contributed by atoms with Crippen molar-refractivity contribution in [2.45, 2.75) is 32.2 Å². The summed E-state index contributed by atoms with van der Waals surface area (Å²) in [4.78, 5) is 2.44. The molecule has 2 nitrogen and oxygen atoms in total. The first-order valence-corrected chi connectivity index (χ1v) is 5.08. The van der Waals surface area contributed by atoms with Gasteiger partial charge in [0.05, 0.1) is 0 Å². The molecule has 72 valence electrons. The van der Waals surface area contributed by atoms with Crippen molar-refractivity contribution >= 4 is 0 Å². The zero-order chi connectivity index (χ0) is 8.97. The van der Waals surface area contributed by atoms with Crippen LogP contribution in [-0.4, -0.2) is 38.1 Å². The predicted molar refractivity (Wildman–Crippen MR) is 53.4 cm³/mol. The van der Waals surface area contributed by atoms with E-state index in [9.17, 15) is 0 Å². The van der Waals surface area contributed by atoms with Crippen LogP contribution in [0.3, 0.4) is 0 Å². The van der Waals surface area contributed by atoms with Gasteiger partial charge in [0, 0.05) is 12.6 Å². The Morgan fingerprint density at radius 2 is 2.33 bits per heavy atom. The van der Waals surface area contributed by atoms with E-state index in [4.69, 9.17) is 0 Å². The van der Waals surface area contributed by atoms with Crippen LogP contribution in [0.15, 0.2) is 0 Å². The molecule has 1 saturated heterocycles. The Labute approximate surface area is 76.3 Å². The summed E-state index contributed by atoms with van der Waals surface area (Å²) in [6, 6.07) is 0.691. The molecule has 12 heavy (non-hydrogen) atoms. The lowest BCUT2D eigenvalue weighted by Gasteiger charge is -2.13. The summed E-state index contributed by atoms with van der Waals surface area (Å²) in [5, 5.41) is 3.29. The van der Waals surface area contributed by atoms with Gasteiger partial charge in [-0.15, -0.1) is 0 Å². The highest BCUT2D eigenvalue weighted by Crippen LogP contribution is 2.19. The highest BCUT2D eigenvalue weighted by molar-refractivity contribution is 4.74. The van der Waals surface area contributed by atoms with Gasteiger partial charge in [-0.3, -0.25) is 0 Å². The quantitative estimate of drug-likeness (QED) is 0.684. The minimum atomic E-state index is 0.691. The second-order valence-corrected chi connectivity index (χ2v) is 4.18. The maximum atomic E-state index is 3.29. The minimum absolute atomic E-state index is 0.691. The summed E-state index contributed by atoms with van der Waals surface area (Å²) in [5.41, 5.74) is 0. The SMILES string of the molecule is CNC(C)CCC1CCN(C)C1. The molecule has 0 aliphatic carbocycles. The van der Waals surface area contributed by atoms with Crippen LogP contribution in [0.1, 0.15) is 26.2 Å². The molecular weight excluding hydrogens is 148 g/mol. The van der Waals surface area contributed by atoms with Crippen molar-refractivity contribution in [1.29, 1.82) is 0 Å². The Morgan fingerprint density at radius 1 is 1.58 bits per heavy atom. The molecule has 1 heterocycles. The molecule has 0 radical (unpaired) electrons. The van der Waals surface area contributed by atoms with Gasteiger partial charge in [0.15, 0.2) is 0 Å². The monoisotopic (exact) mass is 170 g/mol. The third-order valence-electron chi connectivity index (χ3n) is 2.99. The van der Waals surface area contributed by atoms with Crippen LogP contribution in [0, 0.1) is 5.92 Å². The Hall–Kier alpha value is -0.0800. The fraction of sp³-hybridized carbons (Fsp3) is 1.00. The highest BCUT2D eigenvalue weighted by atomic mass is 15.1. The predicted octanol–water partition coefficient (Wildman–Crippen LogP) is 1.33. The highest BCUT2D eigenvalue weighted by Gasteiger charge is 2.19. The van der Waals surface area contributed by atoms with E-state index in [0.717, 1.165) is 5.92 Å². The Balaban J connectivity index is 2.07. The van der Waals surface area contributed by atoms with Gasteiger partial charge in [-0.05, 0) is 52.7 Å². The van der Waals surface area contributed by atoms with E-state index >= 15 is 0 Å². The number of nitrogens with zero attached hydrogens (tertiary/aromatic N) is 1. The van der Waals surface area contributed by atoms with E-state index < -0.39 is 0 Å². The lowest BCUT2D eigenvalue weighted by atomic mass is 10.00. The second kappa shape index (κ2) is 4.83. The average molecular weight is 170 g/mol. The fourth-order valence-corrected chi connectivity index (χ4v) is 1.89. The summed E-state index contributed by atoms with van der Waals surface area (Å²) in [6.45, 7) is 4.88. The van der Waals surface area contributed by atoms with Crippen molar-refractivity contribution in [3.63, 3.8) is 0 Å². The van der Waals surface area contributed by atoms with E-state index in [1.807, 2.05) is 7.05 Å². The van der Waals surface area contributed by atoms with Crippen molar-refractivity contribution in [1.82, 2.24) is 10.2 Å². The third-order valence-corrected chi connectivity index (χ3v) is 2.99. The zero-order valence-electron chi connectivity index (χ0n) is 8.64. The van der Waals surface area contributed by atoms with Crippen LogP contribution in [0.25, 0.3) is 0 Å². The van der Waals surface area contributed by atoms with Gasteiger partial charge in [-0.1, -0.05) is 0 Å². The Bertz CT molecular complexity index is 125. The molecule has 0 bridgehead atoms. The fourth-order valence-electron chi connectivity index (χ4n) is 1.89. The third kappa shape index (κ3) is 3.11. The Morgan fingerprint density at radius 3 is 2.83 bits per heavy atom. The standard InChI is InChI=1S/C10H22N2/c1-9(11-2)4-5-10-6-7-12(3)8-10/h9-11H,4-8H2,1-3H3. The molecule has 0 spiro atoms. The van der Waals surface area contributed by atoms with Crippen molar-refractivity contribution < 1.29 is 0 Å². The first kappa shape index (κ1) is 10.0. The lowest BCUT2D eigenvalue weighted by molar-refractivity contribution is 0.376. The molecule has 1 aliphatic heterocycles. The number of hydrogen-bond donors (Lipinski definition) is 1. The molecule has 1 N–H and O–H groups in total. The van der Waals surface area contributed by atoms with E-state index in [-0.39, 0.29) is 0 Å². The largest absolute Gasteiger partial charge is 0.317 e. The Kier molecular flexibility index (Phi) is 4.02. The van der Waals surface area contributed by atoms with Crippen molar-refractivity contribution in [3.05, 3.63) is 0 Å².